The molecule has 0 bridgehead atoms. The predicted octanol–water partition coefficient (Wildman–Crippen LogP) is 3.11. The molecular formula is C11H10BrN3S. The quantitative estimate of drug-likeness (QED) is 0.698. The number of hydrogen-bond acceptors (Lipinski definition) is 4. The van der Waals surface area contributed by atoms with Crippen molar-refractivity contribution in [3.8, 4) is 0 Å². The van der Waals surface area contributed by atoms with Crippen molar-refractivity contribution < 1.29 is 0 Å². The van der Waals surface area contributed by atoms with E-state index in [1.807, 2.05) is 18.2 Å². The Balaban J connectivity index is 2.05. The van der Waals surface area contributed by atoms with Crippen molar-refractivity contribution in [3.05, 3.63) is 46.8 Å². The molecule has 1 aromatic heterocycles. The fourth-order valence-electron chi connectivity index (χ4n) is 1.21. The van der Waals surface area contributed by atoms with Crippen LogP contribution in [0.15, 0.2) is 46.3 Å². The number of nitrogen functional groups attached to an aromatic ring is 1. The maximum Gasteiger partial charge on any atom is 0.115 e. The van der Waals surface area contributed by atoms with E-state index >= 15 is 0 Å². The summed E-state index contributed by atoms with van der Waals surface area (Å²) >= 11 is 5.01. The Labute approximate surface area is 107 Å². The van der Waals surface area contributed by atoms with Crippen molar-refractivity contribution in [2.24, 2.45) is 0 Å². The highest BCUT2D eigenvalue weighted by Gasteiger charge is 2.01. The molecule has 16 heavy (non-hydrogen) atoms. The summed E-state index contributed by atoms with van der Waals surface area (Å²) in [5.41, 5.74) is 7.81. The molecule has 0 aliphatic rings. The van der Waals surface area contributed by atoms with Crippen LogP contribution < -0.4 is 5.73 Å². The molecule has 0 aliphatic heterocycles. The van der Waals surface area contributed by atoms with Crippen LogP contribution in [-0.2, 0) is 5.75 Å². The maximum absolute atomic E-state index is 5.91. The van der Waals surface area contributed by atoms with Crippen molar-refractivity contribution in [3.63, 3.8) is 0 Å². The van der Waals surface area contributed by atoms with E-state index in [0.717, 1.165) is 26.5 Å². The Morgan fingerprint density at radius 1 is 1.31 bits per heavy atom. The highest BCUT2D eigenvalue weighted by Crippen LogP contribution is 2.25. The number of rotatable bonds is 3. The lowest BCUT2D eigenvalue weighted by Gasteiger charge is -2.05. The highest BCUT2D eigenvalue weighted by molar-refractivity contribution is 9.10. The Kier molecular flexibility index (Phi) is 3.79. The largest absolute Gasteiger partial charge is 0.398 e. The van der Waals surface area contributed by atoms with Crippen molar-refractivity contribution >= 4 is 33.4 Å². The number of nitrogens with zero attached hydrogens (tertiary/aromatic N) is 2. The maximum atomic E-state index is 5.91. The first-order chi connectivity index (χ1) is 7.75. The van der Waals surface area contributed by atoms with Crippen LogP contribution in [0.2, 0.25) is 0 Å². The third-order valence-electron chi connectivity index (χ3n) is 2.02. The van der Waals surface area contributed by atoms with Crippen LogP contribution in [0.25, 0.3) is 0 Å². The molecule has 5 heteroatoms. The minimum atomic E-state index is 0.797. The molecule has 0 atom stereocenters. The molecule has 0 amide bonds. The summed E-state index contributed by atoms with van der Waals surface area (Å²) in [5.74, 6) is 0.803. The summed E-state index contributed by atoms with van der Waals surface area (Å²) < 4.78 is 0.998. The minimum Gasteiger partial charge on any atom is -0.398 e. The first-order valence-corrected chi connectivity index (χ1v) is 6.46. The number of anilines is 1. The number of hydrogen-bond donors (Lipinski definition) is 1. The summed E-state index contributed by atoms with van der Waals surface area (Å²) in [5, 5.41) is 0.907. The molecule has 0 radical (unpaired) electrons. The van der Waals surface area contributed by atoms with Gasteiger partial charge in [-0.2, -0.15) is 0 Å². The molecule has 0 spiro atoms. The Bertz CT molecular complexity index is 476. The van der Waals surface area contributed by atoms with Crippen LogP contribution in [0.4, 0.5) is 5.69 Å². The zero-order chi connectivity index (χ0) is 11.4. The van der Waals surface area contributed by atoms with E-state index in [0.29, 0.717) is 0 Å². The minimum absolute atomic E-state index is 0.797. The van der Waals surface area contributed by atoms with Crippen molar-refractivity contribution in [1.82, 2.24) is 9.97 Å². The van der Waals surface area contributed by atoms with Gasteiger partial charge < -0.3 is 5.73 Å². The van der Waals surface area contributed by atoms with E-state index in [1.54, 1.807) is 30.4 Å². The van der Waals surface area contributed by atoms with Gasteiger partial charge in [0.25, 0.3) is 0 Å². The van der Waals surface area contributed by atoms with E-state index < -0.39 is 0 Å². The molecule has 2 rings (SSSR count). The van der Waals surface area contributed by atoms with Gasteiger partial charge in [0.15, 0.2) is 0 Å². The lowest BCUT2D eigenvalue weighted by atomic mass is 10.2. The zero-order valence-electron chi connectivity index (χ0n) is 8.43. The van der Waals surface area contributed by atoms with Gasteiger partial charge in [0, 0.05) is 28.3 Å². The van der Waals surface area contributed by atoms with E-state index in [1.165, 1.54) is 0 Å². The lowest BCUT2D eigenvalue weighted by molar-refractivity contribution is 1.05. The number of nitrogens with two attached hydrogens (primary N) is 1. The molecule has 2 N–H and O–H groups in total. The van der Waals surface area contributed by atoms with E-state index in [-0.39, 0.29) is 0 Å². The van der Waals surface area contributed by atoms with Gasteiger partial charge >= 0.3 is 0 Å². The van der Waals surface area contributed by atoms with Crippen LogP contribution in [0.1, 0.15) is 5.56 Å². The number of aromatic nitrogens is 2. The van der Waals surface area contributed by atoms with Gasteiger partial charge in [-0.3, -0.25) is 4.98 Å². The fourth-order valence-corrected chi connectivity index (χ4v) is 2.42. The van der Waals surface area contributed by atoms with Crippen LogP contribution in [-0.4, -0.2) is 9.97 Å². The molecule has 2 aromatic rings. The van der Waals surface area contributed by atoms with Gasteiger partial charge in [-0.1, -0.05) is 22.0 Å². The standard InChI is InChI=1S/C11H10BrN3S/c12-9-2-1-8(10(13)5-9)7-16-11-6-14-3-4-15-11/h1-6H,7,13H2. The molecule has 1 aromatic carbocycles. The van der Waals surface area contributed by atoms with E-state index in [4.69, 9.17) is 5.73 Å². The second-order valence-corrected chi connectivity index (χ2v) is 5.09. The number of thioether (sulfide) groups is 1. The van der Waals surface area contributed by atoms with Crippen molar-refractivity contribution in [2.75, 3.05) is 5.73 Å². The lowest BCUT2D eigenvalue weighted by Crippen LogP contribution is -1.92. The summed E-state index contributed by atoms with van der Waals surface area (Å²) in [4.78, 5) is 8.20. The molecular weight excluding hydrogens is 286 g/mol. The predicted molar refractivity (Wildman–Crippen MR) is 70.1 cm³/mol. The normalized spacial score (nSPS) is 10.3. The van der Waals surface area contributed by atoms with Crippen molar-refractivity contribution in [2.45, 2.75) is 10.8 Å². The van der Waals surface area contributed by atoms with Gasteiger partial charge in [0.05, 0.1) is 6.20 Å². The molecule has 0 aliphatic carbocycles. The second kappa shape index (κ2) is 5.32. The second-order valence-electron chi connectivity index (χ2n) is 3.18. The molecule has 0 fully saturated rings. The summed E-state index contributed by atoms with van der Waals surface area (Å²) in [6.07, 6.45) is 5.10. The van der Waals surface area contributed by atoms with E-state index in [9.17, 15) is 0 Å². The average Bonchev–Trinajstić information content (AvgIpc) is 2.29. The monoisotopic (exact) mass is 295 g/mol. The fraction of sp³-hybridized carbons (Fsp3) is 0.0909. The molecule has 3 nitrogen and oxygen atoms in total. The van der Waals surface area contributed by atoms with Gasteiger partial charge in [-0.25, -0.2) is 4.98 Å². The van der Waals surface area contributed by atoms with Gasteiger partial charge in [0.2, 0.25) is 0 Å². The van der Waals surface area contributed by atoms with Crippen LogP contribution in [0, 0.1) is 0 Å². The number of halogens is 1. The van der Waals surface area contributed by atoms with Crippen LogP contribution in [0.3, 0.4) is 0 Å². The zero-order valence-corrected chi connectivity index (χ0v) is 10.8. The molecule has 1 heterocycles. The van der Waals surface area contributed by atoms with Crippen LogP contribution in [0.5, 0.6) is 0 Å². The van der Waals surface area contributed by atoms with Crippen LogP contribution >= 0.6 is 27.7 Å². The first kappa shape index (κ1) is 11.4. The summed E-state index contributed by atoms with van der Waals surface area (Å²) in [7, 11) is 0. The Morgan fingerprint density at radius 3 is 2.88 bits per heavy atom. The van der Waals surface area contributed by atoms with Crippen molar-refractivity contribution in [1.29, 1.82) is 0 Å². The molecule has 0 saturated heterocycles. The molecule has 0 saturated carbocycles. The summed E-state index contributed by atoms with van der Waals surface area (Å²) in [6.45, 7) is 0. The van der Waals surface area contributed by atoms with E-state index in [2.05, 4.69) is 25.9 Å². The van der Waals surface area contributed by atoms with Gasteiger partial charge in [-0.05, 0) is 17.7 Å². The molecule has 0 unspecified atom stereocenters. The molecule has 82 valence electrons. The number of benzene rings is 1. The first-order valence-electron chi connectivity index (χ1n) is 4.68. The Morgan fingerprint density at radius 2 is 2.19 bits per heavy atom. The van der Waals surface area contributed by atoms with Gasteiger partial charge in [0.1, 0.15) is 5.03 Å². The van der Waals surface area contributed by atoms with Gasteiger partial charge in [-0.15, -0.1) is 11.8 Å². The topological polar surface area (TPSA) is 51.8 Å². The third-order valence-corrected chi connectivity index (χ3v) is 3.48. The third kappa shape index (κ3) is 2.96. The highest BCUT2D eigenvalue weighted by atomic mass is 79.9. The smallest absolute Gasteiger partial charge is 0.115 e. The Hall–Kier alpha value is -1.07. The average molecular weight is 296 g/mol. The summed E-state index contributed by atoms with van der Waals surface area (Å²) in [6, 6.07) is 5.91. The SMILES string of the molecule is Nc1cc(Br)ccc1CSc1cnccn1.